The first-order chi connectivity index (χ1) is 13.3. The summed E-state index contributed by atoms with van der Waals surface area (Å²) in [6, 6.07) is 0.860. The van der Waals surface area contributed by atoms with Crippen molar-refractivity contribution < 1.29 is 22.8 Å². The third-order valence-corrected chi connectivity index (χ3v) is 6.33. The van der Waals surface area contributed by atoms with E-state index in [1.165, 1.54) is 18.7 Å². The highest BCUT2D eigenvalue weighted by Crippen LogP contribution is 2.37. The van der Waals surface area contributed by atoms with E-state index in [9.17, 15) is 28.0 Å². The molecule has 0 radical (unpaired) electrons. The van der Waals surface area contributed by atoms with E-state index in [0.29, 0.717) is 10.4 Å². The molecule has 7 nitrogen and oxygen atoms in total. The Kier molecular flexibility index (Phi) is 6.44. The van der Waals surface area contributed by atoms with Crippen molar-refractivity contribution in [2.24, 2.45) is 0 Å². The van der Waals surface area contributed by atoms with Crippen molar-refractivity contribution in [1.29, 1.82) is 5.26 Å². The topological polar surface area (TPSA) is 91.0 Å². The Morgan fingerprint density at radius 3 is 2.38 bits per heavy atom. The van der Waals surface area contributed by atoms with Crippen LogP contribution in [-0.2, 0) is 11.0 Å². The summed E-state index contributed by atoms with van der Waals surface area (Å²) in [7, 11) is 3.12. The summed E-state index contributed by atoms with van der Waals surface area (Å²) in [5.74, 6) is -0.988. The number of rotatable bonds is 4. The van der Waals surface area contributed by atoms with Crippen molar-refractivity contribution in [3.63, 3.8) is 0 Å². The number of hydrogen-bond acceptors (Lipinski definition) is 5. The highest BCUT2D eigenvalue weighted by molar-refractivity contribution is 9.10. The summed E-state index contributed by atoms with van der Waals surface area (Å²) in [5, 5.41) is 15.6. The van der Waals surface area contributed by atoms with Crippen molar-refractivity contribution in [2.45, 2.75) is 33.0 Å². The average Bonchev–Trinajstić information content (AvgIpc) is 3.10. The lowest BCUT2D eigenvalue weighted by atomic mass is 10.1. The van der Waals surface area contributed by atoms with Gasteiger partial charge in [-0.1, -0.05) is 0 Å². The second kappa shape index (κ2) is 8.16. The third kappa shape index (κ3) is 4.30. The SMILES string of the molecule is Cc1c(C(=O)N(C)C)sc(NC(=O)C(C)n2nc(C(F)(F)F)c(Br)c2C)c1C#N. The van der Waals surface area contributed by atoms with Crippen LogP contribution in [0.3, 0.4) is 0 Å². The molecule has 0 aliphatic rings. The molecule has 1 N–H and O–H groups in total. The first-order valence-electron chi connectivity index (χ1n) is 8.19. The first-order valence-corrected chi connectivity index (χ1v) is 9.79. The van der Waals surface area contributed by atoms with Crippen LogP contribution in [0.2, 0.25) is 0 Å². The van der Waals surface area contributed by atoms with Crippen LogP contribution in [0, 0.1) is 25.2 Å². The summed E-state index contributed by atoms with van der Waals surface area (Å²) >= 11 is 3.81. The molecule has 2 amide bonds. The molecule has 0 saturated heterocycles. The summed E-state index contributed by atoms with van der Waals surface area (Å²) < 4.78 is 39.9. The van der Waals surface area contributed by atoms with E-state index >= 15 is 0 Å². The summed E-state index contributed by atoms with van der Waals surface area (Å²) in [6.45, 7) is 4.38. The fraction of sp³-hybridized carbons (Fsp3) is 0.412. The maximum absolute atomic E-state index is 13.1. The molecule has 0 fully saturated rings. The smallest absolute Gasteiger partial charge is 0.344 e. The maximum Gasteiger partial charge on any atom is 0.436 e. The van der Waals surface area contributed by atoms with E-state index in [-0.39, 0.29) is 26.6 Å². The molecule has 2 aromatic heterocycles. The van der Waals surface area contributed by atoms with Crippen LogP contribution in [-0.4, -0.2) is 40.6 Å². The van der Waals surface area contributed by atoms with Gasteiger partial charge >= 0.3 is 6.18 Å². The van der Waals surface area contributed by atoms with Gasteiger partial charge in [-0.15, -0.1) is 11.3 Å². The van der Waals surface area contributed by atoms with E-state index in [1.54, 1.807) is 21.0 Å². The zero-order valence-electron chi connectivity index (χ0n) is 16.1. The number of anilines is 1. The molecule has 1 atom stereocenters. The molecular formula is C17H17BrF3N5O2S. The number of nitrogens with zero attached hydrogens (tertiary/aromatic N) is 4. The molecule has 156 valence electrons. The van der Waals surface area contributed by atoms with Gasteiger partial charge in [-0.3, -0.25) is 14.3 Å². The van der Waals surface area contributed by atoms with Gasteiger partial charge in [0.1, 0.15) is 17.1 Å². The Bertz CT molecular complexity index is 1020. The Morgan fingerprint density at radius 2 is 1.93 bits per heavy atom. The van der Waals surface area contributed by atoms with Gasteiger partial charge in [0, 0.05) is 14.1 Å². The second-order valence-electron chi connectivity index (χ2n) is 6.43. The quantitative estimate of drug-likeness (QED) is 0.696. The highest BCUT2D eigenvalue weighted by Gasteiger charge is 2.39. The Hall–Kier alpha value is -2.39. The molecule has 2 heterocycles. The van der Waals surface area contributed by atoms with Gasteiger partial charge in [-0.25, -0.2) is 0 Å². The van der Waals surface area contributed by atoms with Gasteiger partial charge in [0.05, 0.1) is 20.6 Å². The van der Waals surface area contributed by atoms with E-state index in [0.717, 1.165) is 16.0 Å². The zero-order chi connectivity index (χ0) is 22.3. The largest absolute Gasteiger partial charge is 0.436 e. The van der Waals surface area contributed by atoms with Gasteiger partial charge in [0.15, 0.2) is 5.69 Å². The van der Waals surface area contributed by atoms with Crippen LogP contribution in [0.15, 0.2) is 4.47 Å². The first kappa shape index (κ1) is 22.9. The molecule has 1 unspecified atom stereocenters. The molecule has 2 rings (SSSR count). The van der Waals surface area contributed by atoms with Crippen molar-refractivity contribution in [1.82, 2.24) is 14.7 Å². The number of aromatic nitrogens is 2. The Balaban J connectivity index is 2.38. The van der Waals surface area contributed by atoms with Gasteiger partial charge < -0.3 is 10.2 Å². The Morgan fingerprint density at radius 1 is 1.34 bits per heavy atom. The van der Waals surface area contributed by atoms with Gasteiger partial charge in [-0.2, -0.15) is 23.5 Å². The molecule has 0 saturated carbocycles. The van der Waals surface area contributed by atoms with Gasteiger partial charge in [0.2, 0.25) is 5.91 Å². The number of thiophene rings is 1. The van der Waals surface area contributed by atoms with Crippen molar-refractivity contribution >= 4 is 44.1 Å². The molecule has 12 heteroatoms. The molecule has 2 aromatic rings. The minimum Gasteiger partial charge on any atom is -0.344 e. The fourth-order valence-electron chi connectivity index (χ4n) is 2.53. The van der Waals surface area contributed by atoms with Crippen molar-refractivity contribution in [2.75, 3.05) is 19.4 Å². The molecule has 0 aromatic carbocycles. The van der Waals surface area contributed by atoms with E-state index in [2.05, 4.69) is 26.3 Å². The van der Waals surface area contributed by atoms with E-state index in [4.69, 9.17) is 0 Å². The second-order valence-corrected chi connectivity index (χ2v) is 8.24. The maximum atomic E-state index is 13.1. The minimum atomic E-state index is -4.68. The number of nitrogens with one attached hydrogen (secondary N) is 1. The van der Waals surface area contributed by atoms with Crippen LogP contribution < -0.4 is 5.32 Å². The Labute approximate surface area is 177 Å². The van der Waals surface area contributed by atoms with Gasteiger partial charge in [-0.05, 0) is 42.3 Å². The molecular weight excluding hydrogens is 475 g/mol. The number of amides is 2. The predicted octanol–water partition coefficient (Wildman–Crippen LogP) is 4.12. The van der Waals surface area contributed by atoms with Crippen molar-refractivity contribution in [3.05, 3.63) is 31.9 Å². The van der Waals surface area contributed by atoms with Crippen LogP contribution >= 0.6 is 27.3 Å². The molecule has 0 aliphatic carbocycles. The fourth-order valence-corrected chi connectivity index (χ4v) is 4.19. The number of nitriles is 1. The number of carbonyl (C=O) groups is 2. The van der Waals surface area contributed by atoms with E-state index in [1.807, 2.05) is 6.07 Å². The lowest BCUT2D eigenvalue weighted by Gasteiger charge is -2.14. The van der Waals surface area contributed by atoms with Crippen LogP contribution in [0.25, 0.3) is 0 Å². The average molecular weight is 492 g/mol. The number of halogens is 4. The van der Waals surface area contributed by atoms with Crippen LogP contribution in [0.4, 0.5) is 18.2 Å². The van der Waals surface area contributed by atoms with Crippen LogP contribution in [0.1, 0.15) is 45.2 Å². The molecule has 0 spiro atoms. The zero-order valence-corrected chi connectivity index (χ0v) is 18.5. The van der Waals surface area contributed by atoms with E-state index < -0.39 is 23.8 Å². The molecule has 0 bridgehead atoms. The number of alkyl halides is 3. The number of hydrogen-bond donors (Lipinski definition) is 1. The summed E-state index contributed by atoms with van der Waals surface area (Å²) in [4.78, 5) is 26.6. The highest BCUT2D eigenvalue weighted by atomic mass is 79.9. The normalized spacial score (nSPS) is 12.4. The number of carbonyl (C=O) groups excluding carboxylic acids is 2. The van der Waals surface area contributed by atoms with Gasteiger partial charge in [0.25, 0.3) is 5.91 Å². The summed E-state index contributed by atoms with van der Waals surface area (Å²) in [5.41, 5.74) is -0.434. The standard InChI is InChI=1S/C17H17BrF3N5O2S/c1-7-10(6-22)15(29-12(7)16(28)25(4)5)23-14(27)9(3)26-8(2)11(18)13(24-26)17(19,20)21/h9H,1-5H3,(H,23,27). The van der Waals surface area contributed by atoms with Crippen molar-refractivity contribution in [3.8, 4) is 6.07 Å². The monoisotopic (exact) mass is 491 g/mol. The lowest BCUT2D eigenvalue weighted by Crippen LogP contribution is -2.25. The molecule has 29 heavy (non-hydrogen) atoms. The molecule has 0 aliphatic heterocycles. The summed E-state index contributed by atoms with van der Waals surface area (Å²) in [6.07, 6.45) is -4.68. The predicted molar refractivity (Wildman–Crippen MR) is 105 cm³/mol. The minimum absolute atomic E-state index is 0.131. The van der Waals surface area contributed by atoms with Crippen LogP contribution in [0.5, 0.6) is 0 Å². The third-order valence-electron chi connectivity index (χ3n) is 4.19. The lowest BCUT2D eigenvalue weighted by molar-refractivity contribution is -0.142.